The summed E-state index contributed by atoms with van der Waals surface area (Å²) in [6, 6.07) is 22.2. The molecule has 5 rings (SSSR count). The highest BCUT2D eigenvalue weighted by atomic mass is 79.9. The Morgan fingerprint density at radius 3 is 1.58 bits per heavy atom. The molecule has 0 bridgehead atoms. The number of H-pyrrole nitrogens is 2. The van der Waals surface area contributed by atoms with Gasteiger partial charge in [0.15, 0.2) is 0 Å². The van der Waals surface area contributed by atoms with Crippen LogP contribution in [-0.4, -0.2) is 19.6 Å². The number of aromatic nitrogens is 4. The summed E-state index contributed by atoms with van der Waals surface area (Å²) in [6.07, 6.45) is 0. The van der Waals surface area contributed by atoms with E-state index < -0.39 is 5.92 Å². The van der Waals surface area contributed by atoms with Crippen LogP contribution in [0, 0.1) is 13.8 Å². The lowest BCUT2D eigenvalue weighted by Gasteiger charge is -2.16. The van der Waals surface area contributed by atoms with Crippen LogP contribution in [0.15, 0.2) is 91.3 Å². The molecular formula is C27H21Br2ClN4O2. The van der Waals surface area contributed by atoms with Gasteiger partial charge in [-0.05, 0) is 80.1 Å². The number of halogens is 3. The quantitative estimate of drug-likeness (QED) is 0.230. The van der Waals surface area contributed by atoms with Gasteiger partial charge in [0.2, 0.25) is 0 Å². The summed E-state index contributed by atoms with van der Waals surface area (Å²) < 4.78 is 4.83. The van der Waals surface area contributed by atoms with Crippen molar-refractivity contribution in [1.29, 1.82) is 0 Å². The van der Waals surface area contributed by atoms with Crippen molar-refractivity contribution in [2.45, 2.75) is 19.8 Å². The zero-order valence-corrected chi connectivity index (χ0v) is 23.3. The number of hydrogen-bond acceptors (Lipinski definition) is 2. The average molecular weight is 629 g/mol. The molecule has 5 aromatic rings. The van der Waals surface area contributed by atoms with Crippen molar-refractivity contribution in [3.8, 4) is 11.4 Å². The first-order valence-electron chi connectivity index (χ1n) is 11.1. The minimum atomic E-state index is -0.635. The molecule has 2 N–H and O–H groups in total. The maximum absolute atomic E-state index is 13.8. The van der Waals surface area contributed by atoms with E-state index in [9.17, 15) is 9.59 Å². The molecule has 0 aliphatic heterocycles. The van der Waals surface area contributed by atoms with Crippen LogP contribution in [0.25, 0.3) is 11.4 Å². The zero-order chi connectivity index (χ0) is 25.6. The lowest BCUT2D eigenvalue weighted by atomic mass is 9.85. The van der Waals surface area contributed by atoms with E-state index in [4.69, 9.17) is 11.6 Å². The van der Waals surface area contributed by atoms with Gasteiger partial charge in [-0.25, -0.2) is 9.36 Å². The zero-order valence-electron chi connectivity index (χ0n) is 19.4. The van der Waals surface area contributed by atoms with Gasteiger partial charge in [-0.1, -0.05) is 55.6 Å². The van der Waals surface area contributed by atoms with E-state index in [1.807, 2.05) is 74.5 Å². The van der Waals surface area contributed by atoms with Crippen molar-refractivity contribution in [3.05, 3.63) is 136 Å². The first-order chi connectivity index (χ1) is 17.2. The number of aromatic amines is 2. The van der Waals surface area contributed by atoms with Gasteiger partial charge in [0.05, 0.1) is 22.5 Å². The van der Waals surface area contributed by atoms with Crippen LogP contribution in [0.5, 0.6) is 0 Å². The monoisotopic (exact) mass is 626 g/mol. The van der Waals surface area contributed by atoms with Gasteiger partial charge in [0, 0.05) is 31.3 Å². The molecule has 0 aliphatic rings. The second-order valence-corrected chi connectivity index (χ2v) is 10.8. The maximum atomic E-state index is 13.8. The summed E-state index contributed by atoms with van der Waals surface area (Å²) in [4.78, 5) is 27.7. The number of nitrogens with one attached hydrogen (secondary N) is 2. The first kappa shape index (κ1) is 24.6. The highest BCUT2D eigenvalue weighted by Crippen LogP contribution is 2.33. The van der Waals surface area contributed by atoms with E-state index in [0.29, 0.717) is 38.9 Å². The summed E-state index contributed by atoms with van der Waals surface area (Å²) >= 11 is 13.2. The highest BCUT2D eigenvalue weighted by Gasteiger charge is 2.31. The van der Waals surface area contributed by atoms with Gasteiger partial charge in [-0.3, -0.25) is 19.8 Å². The van der Waals surface area contributed by atoms with Crippen LogP contribution in [-0.2, 0) is 0 Å². The Balaban J connectivity index is 1.76. The average Bonchev–Trinajstić information content (AvgIpc) is 3.31. The van der Waals surface area contributed by atoms with Crippen molar-refractivity contribution in [2.75, 3.05) is 0 Å². The Morgan fingerprint density at radius 2 is 1.17 bits per heavy atom. The number of benzene rings is 3. The van der Waals surface area contributed by atoms with Crippen LogP contribution in [0.4, 0.5) is 0 Å². The van der Waals surface area contributed by atoms with Gasteiger partial charge in [0.25, 0.3) is 11.1 Å². The van der Waals surface area contributed by atoms with Crippen LogP contribution < -0.4 is 11.1 Å². The molecule has 0 saturated carbocycles. The number of aryl methyl sites for hydroxylation is 2. The Morgan fingerprint density at radius 1 is 0.722 bits per heavy atom. The van der Waals surface area contributed by atoms with Gasteiger partial charge < -0.3 is 0 Å². The van der Waals surface area contributed by atoms with E-state index >= 15 is 0 Å². The third-order valence-corrected chi connectivity index (χ3v) is 7.46. The van der Waals surface area contributed by atoms with E-state index in [2.05, 4.69) is 42.1 Å². The molecule has 182 valence electrons. The molecule has 0 unspecified atom stereocenters. The second kappa shape index (κ2) is 9.76. The van der Waals surface area contributed by atoms with Crippen LogP contribution in [0.1, 0.15) is 34.0 Å². The molecule has 0 radical (unpaired) electrons. The Kier molecular flexibility index (Phi) is 6.68. The molecule has 2 aromatic heterocycles. The third kappa shape index (κ3) is 4.45. The number of hydrogen-bond donors (Lipinski definition) is 2. The predicted octanol–water partition coefficient (Wildman–Crippen LogP) is 6.62. The molecule has 0 aliphatic carbocycles. The molecule has 0 spiro atoms. The predicted molar refractivity (Wildman–Crippen MR) is 150 cm³/mol. The van der Waals surface area contributed by atoms with Crippen LogP contribution >= 0.6 is 43.5 Å². The Labute approximate surface area is 228 Å². The molecular weight excluding hydrogens is 608 g/mol. The van der Waals surface area contributed by atoms with Crippen LogP contribution in [0.3, 0.4) is 0 Å². The standard InChI is InChI=1S/C27H21Br2ClN4O2/c1-15-23(26(35)33(31-15)21-10-6-18(28)7-11-21)25(17-4-3-5-20(30)14-17)24-16(2)32-34(27(24)36)22-12-8-19(29)9-13-22/h3-14,25,31-32H,1-2H3. The smallest absolute Gasteiger partial charge is 0.275 e. The highest BCUT2D eigenvalue weighted by molar-refractivity contribution is 9.10. The number of rotatable bonds is 5. The number of nitrogens with zero attached hydrogens (tertiary/aromatic N) is 2. The molecule has 0 amide bonds. The van der Waals surface area contributed by atoms with Crippen LogP contribution in [0.2, 0.25) is 5.02 Å². The topological polar surface area (TPSA) is 75.6 Å². The Bertz CT molecular complexity index is 1580. The van der Waals surface area contributed by atoms with E-state index in [0.717, 1.165) is 14.5 Å². The van der Waals surface area contributed by atoms with Gasteiger partial charge in [-0.15, -0.1) is 0 Å². The largest absolute Gasteiger partial charge is 0.295 e. The van der Waals surface area contributed by atoms with Gasteiger partial charge in [-0.2, -0.15) is 0 Å². The van der Waals surface area contributed by atoms with E-state index in [-0.39, 0.29) is 11.1 Å². The fraction of sp³-hybridized carbons (Fsp3) is 0.111. The molecule has 2 heterocycles. The molecule has 3 aromatic carbocycles. The first-order valence-corrected chi connectivity index (χ1v) is 13.1. The lowest BCUT2D eigenvalue weighted by molar-refractivity contribution is 0.830. The summed E-state index contributed by atoms with van der Waals surface area (Å²) in [5.74, 6) is -0.635. The lowest BCUT2D eigenvalue weighted by Crippen LogP contribution is -2.25. The minimum Gasteiger partial charge on any atom is -0.295 e. The Hall–Kier alpha value is -3.07. The summed E-state index contributed by atoms with van der Waals surface area (Å²) in [5, 5.41) is 6.93. The van der Waals surface area contributed by atoms with Gasteiger partial charge in [0.1, 0.15) is 0 Å². The molecule has 0 saturated heterocycles. The van der Waals surface area contributed by atoms with Crippen molar-refractivity contribution in [1.82, 2.24) is 19.6 Å². The molecule has 9 heteroatoms. The van der Waals surface area contributed by atoms with Crippen molar-refractivity contribution in [3.63, 3.8) is 0 Å². The van der Waals surface area contributed by atoms with Crippen molar-refractivity contribution >= 4 is 43.5 Å². The molecule has 0 fully saturated rings. The summed E-state index contributed by atoms with van der Waals surface area (Å²) in [6.45, 7) is 3.69. The second-order valence-electron chi connectivity index (χ2n) is 8.52. The maximum Gasteiger partial charge on any atom is 0.275 e. The van der Waals surface area contributed by atoms with Crippen molar-refractivity contribution in [2.24, 2.45) is 0 Å². The summed E-state index contributed by atoms with van der Waals surface area (Å²) in [5.41, 5.74) is 4.01. The minimum absolute atomic E-state index is 0.227. The van der Waals surface area contributed by atoms with Crippen molar-refractivity contribution < 1.29 is 0 Å². The normalized spacial score (nSPS) is 11.4. The molecule has 0 atom stereocenters. The van der Waals surface area contributed by atoms with E-state index in [1.54, 1.807) is 12.1 Å². The summed E-state index contributed by atoms with van der Waals surface area (Å²) in [7, 11) is 0. The fourth-order valence-electron chi connectivity index (χ4n) is 4.51. The fourth-order valence-corrected chi connectivity index (χ4v) is 5.23. The molecule has 36 heavy (non-hydrogen) atoms. The van der Waals surface area contributed by atoms with Gasteiger partial charge >= 0.3 is 0 Å². The van der Waals surface area contributed by atoms with E-state index in [1.165, 1.54) is 9.36 Å². The molecule has 6 nitrogen and oxygen atoms in total. The third-order valence-electron chi connectivity index (χ3n) is 6.16. The SMILES string of the molecule is Cc1[nH]n(-c2ccc(Br)cc2)c(=O)c1C(c1cccc(Cl)c1)c1c(C)[nH]n(-c2ccc(Br)cc2)c1=O.